The molecule has 1 aromatic heterocycles. The van der Waals surface area contributed by atoms with Crippen LogP contribution in [0.3, 0.4) is 0 Å². The number of hydrogen-bond donors (Lipinski definition) is 2. The van der Waals surface area contributed by atoms with Crippen LogP contribution in [0.2, 0.25) is 0 Å². The summed E-state index contributed by atoms with van der Waals surface area (Å²) in [6.45, 7) is 4.35. The second kappa shape index (κ2) is 3.96. The van der Waals surface area contributed by atoms with Crippen LogP contribution in [-0.4, -0.2) is 34.9 Å². The second-order valence-corrected chi connectivity index (χ2v) is 5.15. The molecule has 0 unspecified atom stereocenters. The summed E-state index contributed by atoms with van der Waals surface area (Å²) < 4.78 is 0. The van der Waals surface area contributed by atoms with Crippen LogP contribution in [0.4, 0.5) is 5.82 Å². The van der Waals surface area contributed by atoms with Gasteiger partial charge in [0, 0.05) is 25.4 Å². The van der Waals surface area contributed by atoms with Crippen molar-refractivity contribution in [2.75, 3.05) is 24.6 Å². The third-order valence-corrected chi connectivity index (χ3v) is 4.26. The van der Waals surface area contributed by atoms with E-state index < -0.39 is 0 Å². The predicted octanol–water partition coefficient (Wildman–Crippen LogP) is 0.557. The summed E-state index contributed by atoms with van der Waals surface area (Å²) in [5.74, 6) is 2.87. The van der Waals surface area contributed by atoms with Gasteiger partial charge in [-0.3, -0.25) is 0 Å². The van der Waals surface area contributed by atoms with E-state index in [-0.39, 0.29) is 6.61 Å². The standard InChI is InChI=1S/C13H18N2O2/c1-8-9(6-16)2-3-13(14-8)15-4-10-11(5-15)12(10)7-17/h2-3,10-12,16-17H,4-7H2,1H3/t10-,11+,12+. The maximum atomic E-state index is 9.12. The van der Waals surface area contributed by atoms with Gasteiger partial charge in [0.2, 0.25) is 0 Å². The molecule has 2 aliphatic rings. The van der Waals surface area contributed by atoms with E-state index in [4.69, 9.17) is 10.2 Å². The second-order valence-electron chi connectivity index (χ2n) is 5.15. The number of rotatable bonds is 3. The molecular formula is C13H18N2O2. The lowest BCUT2D eigenvalue weighted by molar-refractivity contribution is 0.260. The van der Waals surface area contributed by atoms with Gasteiger partial charge in [-0.2, -0.15) is 0 Å². The molecule has 17 heavy (non-hydrogen) atoms. The Morgan fingerprint density at radius 3 is 2.53 bits per heavy atom. The molecule has 1 saturated heterocycles. The zero-order valence-corrected chi connectivity index (χ0v) is 10.0. The fourth-order valence-electron chi connectivity index (χ4n) is 3.03. The molecule has 0 bridgehead atoms. The van der Waals surface area contributed by atoms with Crippen LogP contribution in [0.25, 0.3) is 0 Å². The van der Waals surface area contributed by atoms with E-state index in [1.54, 1.807) is 0 Å². The van der Waals surface area contributed by atoms with Crippen LogP contribution >= 0.6 is 0 Å². The molecule has 3 rings (SSSR count). The summed E-state index contributed by atoms with van der Waals surface area (Å²) >= 11 is 0. The number of fused-ring (bicyclic) bond motifs is 1. The van der Waals surface area contributed by atoms with Crippen molar-refractivity contribution in [2.24, 2.45) is 17.8 Å². The number of aliphatic hydroxyl groups excluding tert-OH is 2. The first-order valence-electron chi connectivity index (χ1n) is 6.17. The summed E-state index contributed by atoms with van der Waals surface area (Å²) in [5, 5.41) is 18.2. The van der Waals surface area contributed by atoms with Gasteiger partial charge in [-0.25, -0.2) is 4.98 Å². The van der Waals surface area contributed by atoms with Gasteiger partial charge in [0.25, 0.3) is 0 Å². The first kappa shape index (κ1) is 11.0. The third kappa shape index (κ3) is 1.72. The quantitative estimate of drug-likeness (QED) is 0.802. The van der Waals surface area contributed by atoms with E-state index in [0.717, 1.165) is 30.2 Å². The number of hydrogen-bond acceptors (Lipinski definition) is 4. The topological polar surface area (TPSA) is 56.6 Å². The highest BCUT2D eigenvalue weighted by molar-refractivity contribution is 5.44. The minimum absolute atomic E-state index is 0.0525. The summed E-state index contributed by atoms with van der Waals surface area (Å²) in [4.78, 5) is 6.82. The van der Waals surface area contributed by atoms with E-state index >= 15 is 0 Å². The summed E-state index contributed by atoms with van der Waals surface area (Å²) in [6.07, 6.45) is 0. The minimum Gasteiger partial charge on any atom is -0.396 e. The van der Waals surface area contributed by atoms with Gasteiger partial charge in [-0.05, 0) is 36.3 Å². The molecule has 0 radical (unpaired) electrons. The Morgan fingerprint density at radius 2 is 2.00 bits per heavy atom. The van der Waals surface area contributed by atoms with E-state index in [2.05, 4.69) is 9.88 Å². The van der Waals surface area contributed by atoms with Crippen LogP contribution in [0.5, 0.6) is 0 Å². The van der Waals surface area contributed by atoms with Crippen molar-refractivity contribution in [3.8, 4) is 0 Å². The van der Waals surface area contributed by atoms with E-state index in [0.29, 0.717) is 24.4 Å². The van der Waals surface area contributed by atoms with Gasteiger partial charge in [-0.1, -0.05) is 6.07 Å². The summed E-state index contributed by atoms with van der Waals surface area (Å²) in [6, 6.07) is 3.93. The monoisotopic (exact) mass is 234 g/mol. The molecule has 0 aromatic carbocycles. The van der Waals surface area contributed by atoms with Gasteiger partial charge in [0.05, 0.1) is 6.61 Å². The van der Waals surface area contributed by atoms with Crippen molar-refractivity contribution in [3.05, 3.63) is 23.4 Å². The van der Waals surface area contributed by atoms with E-state index in [9.17, 15) is 0 Å². The Labute approximate surface area is 101 Å². The Balaban J connectivity index is 1.73. The smallest absolute Gasteiger partial charge is 0.128 e. The van der Waals surface area contributed by atoms with Crippen LogP contribution in [-0.2, 0) is 6.61 Å². The zero-order valence-electron chi connectivity index (χ0n) is 10.0. The fraction of sp³-hybridized carbons (Fsp3) is 0.615. The summed E-state index contributed by atoms with van der Waals surface area (Å²) in [7, 11) is 0. The predicted molar refractivity (Wildman–Crippen MR) is 64.7 cm³/mol. The molecule has 0 amide bonds. The van der Waals surface area contributed by atoms with Gasteiger partial charge in [-0.15, -0.1) is 0 Å². The molecule has 92 valence electrons. The van der Waals surface area contributed by atoms with Crippen molar-refractivity contribution in [1.82, 2.24) is 4.98 Å². The first-order chi connectivity index (χ1) is 8.24. The van der Waals surface area contributed by atoms with Crippen LogP contribution in [0.15, 0.2) is 12.1 Å². The Morgan fingerprint density at radius 1 is 1.29 bits per heavy atom. The van der Waals surface area contributed by atoms with Crippen molar-refractivity contribution < 1.29 is 10.2 Å². The largest absolute Gasteiger partial charge is 0.396 e. The van der Waals surface area contributed by atoms with Crippen LogP contribution in [0, 0.1) is 24.7 Å². The molecule has 1 aliphatic heterocycles. The molecule has 1 aliphatic carbocycles. The Kier molecular flexibility index (Phi) is 2.56. The van der Waals surface area contributed by atoms with Crippen LogP contribution < -0.4 is 4.90 Å². The molecule has 2 N–H and O–H groups in total. The lowest BCUT2D eigenvalue weighted by Gasteiger charge is -2.21. The average molecular weight is 234 g/mol. The van der Waals surface area contributed by atoms with Crippen molar-refractivity contribution in [2.45, 2.75) is 13.5 Å². The molecule has 3 atom stereocenters. The van der Waals surface area contributed by atoms with Crippen LogP contribution in [0.1, 0.15) is 11.3 Å². The molecule has 4 heteroatoms. The molecule has 4 nitrogen and oxygen atoms in total. The number of piperidine rings is 1. The van der Waals surface area contributed by atoms with E-state index in [1.807, 2.05) is 19.1 Å². The lowest BCUT2D eigenvalue weighted by Crippen LogP contribution is -2.25. The zero-order chi connectivity index (χ0) is 12.0. The first-order valence-corrected chi connectivity index (χ1v) is 6.17. The Bertz CT molecular complexity index is 423. The van der Waals surface area contributed by atoms with Gasteiger partial charge in [0.1, 0.15) is 5.82 Å². The molecule has 1 aromatic rings. The number of aromatic nitrogens is 1. The average Bonchev–Trinajstić information content (AvgIpc) is 2.81. The van der Waals surface area contributed by atoms with Gasteiger partial charge < -0.3 is 15.1 Å². The third-order valence-electron chi connectivity index (χ3n) is 4.26. The highest BCUT2D eigenvalue weighted by atomic mass is 16.3. The van der Waals surface area contributed by atoms with Crippen molar-refractivity contribution in [3.63, 3.8) is 0 Å². The summed E-state index contributed by atoms with van der Waals surface area (Å²) in [5.41, 5.74) is 1.80. The highest BCUT2D eigenvalue weighted by Gasteiger charge is 2.55. The Hall–Kier alpha value is -1.13. The molecular weight excluding hydrogens is 216 g/mol. The molecule has 2 heterocycles. The number of anilines is 1. The normalized spacial score (nSPS) is 30.5. The maximum Gasteiger partial charge on any atom is 0.128 e. The molecule has 2 fully saturated rings. The fourth-order valence-corrected chi connectivity index (χ4v) is 3.03. The number of aryl methyl sites for hydroxylation is 1. The number of aliphatic hydroxyl groups is 2. The highest BCUT2D eigenvalue weighted by Crippen LogP contribution is 2.51. The number of pyridine rings is 1. The van der Waals surface area contributed by atoms with Crippen molar-refractivity contribution in [1.29, 1.82) is 0 Å². The van der Waals surface area contributed by atoms with E-state index in [1.165, 1.54) is 0 Å². The molecule has 1 saturated carbocycles. The lowest BCUT2D eigenvalue weighted by atomic mass is 10.2. The minimum atomic E-state index is 0.0525. The van der Waals surface area contributed by atoms with Gasteiger partial charge >= 0.3 is 0 Å². The van der Waals surface area contributed by atoms with Crippen molar-refractivity contribution >= 4 is 5.82 Å². The maximum absolute atomic E-state index is 9.12. The number of nitrogens with zero attached hydrogens (tertiary/aromatic N) is 2. The SMILES string of the molecule is Cc1nc(N2C[C@@H]3[C@@H](CO)[C@@H]3C2)ccc1CO. The molecule has 0 spiro atoms. The van der Waals surface area contributed by atoms with Gasteiger partial charge in [0.15, 0.2) is 0 Å².